The van der Waals surface area contributed by atoms with E-state index in [-0.39, 0.29) is 24.4 Å². The Balaban J connectivity index is 1.88. The van der Waals surface area contributed by atoms with Crippen molar-refractivity contribution in [3.8, 4) is 0 Å². The van der Waals surface area contributed by atoms with Crippen molar-refractivity contribution >= 4 is 27.7 Å². The van der Waals surface area contributed by atoms with Crippen LogP contribution < -0.4 is 5.32 Å². The lowest BCUT2D eigenvalue weighted by Crippen LogP contribution is -2.46. The molecule has 0 saturated carbocycles. The number of carbonyl (C=O) groups excluding carboxylic acids is 2. The topological polar surface area (TPSA) is 49.4 Å². The van der Waals surface area contributed by atoms with Crippen molar-refractivity contribution in [2.45, 2.75) is 32.2 Å². The molecule has 20 heavy (non-hydrogen) atoms. The Hall–Kier alpha value is -1.36. The van der Waals surface area contributed by atoms with E-state index in [1.807, 2.05) is 11.0 Å². The van der Waals surface area contributed by atoms with E-state index in [9.17, 15) is 9.59 Å². The van der Waals surface area contributed by atoms with Gasteiger partial charge in [0.2, 0.25) is 5.91 Å². The standard InChI is InChI=1S/C15H19BrN2O2/c1-11-5-2-3-8-18(11)14(19)10-17-15(20)12-6-4-7-13(16)9-12/h4,6-7,9,11H,2-3,5,8,10H2,1H3,(H,17,20). The third kappa shape index (κ3) is 3.82. The number of piperidine rings is 1. The number of likely N-dealkylation sites (tertiary alicyclic amines) is 1. The Morgan fingerprint density at radius 1 is 1.40 bits per heavy atom. The minimum Gasteiger partial charge on any atom is -0.343 e. The zero-order valence-corrected chi connectivity index (χ0v) is 13.1. The van der Waals surface area contributed by atoms with Crippen LogP contribution in [-0.2, 0) is 4.79 Å². The molecule has 4 nitrogen and oxygen atoms in total. The molecule has 1 unspecified atom stereocenters. The summed E-state index contributed by atoms with van der Waals surface area (Å²) in [6.07, 6.45) is 3.27. The highest BCUT2D eigenvalue weighted by Gasteiger charge is 2.23. The molecule has 1 aromatic carbocycles. The van der Waals surface area contributed by atoms with Gasteiger partial charge >= 0.3 is 0 Å². The molecular weight excluding hydrogens is 320 g/mol. The average Bonchev–Trinajstić information content (AvgIpc) is 2.45. The molecule has 1 N–H and O–H groups in total. The fourth-order valence-electron chi connectivity index (χ4n) is 2.46. The van der Waals surface area contributed by atoms with E-state index in [1.165, 1.54) is 6.42 Å². The maximum absolute atomic E-state index is 12.1. The molecule has 2 amide bonds. The smallest absolute Gasteiger partial charge is 0.251 e. The Morgan fingerprint density at radius 2 is 2.20 bits per heavy atom. The molecule has 0 aliphatic carbocycles. The number of carbonyl (C=O) groups is 2. The first-order valence-corrected chi connectivity index (χ1v) is 7.70. The second-order valence-electron chi connectivity index (χ2n) is 5.12. The summed E-state index contributed by atoms with van der Waals surface area (Å²) in [6, 6.07) is 7.40. The summed E-state index contributed by atoms with van der Waals surface area (Å²) < 4.78 is 0.848. The average molecular weight is 339 g/mol. The molecule has 1 aliphatic rings. The van der Waals surface area contributed by atoms with Crippen LogP contribution in [-0.4, -0.2) is 35.8 Å². The lowest BCUT2D eigenvalue weighted by atomic mass is 10.0. The van der Waals surface area contributed by atoms with Crippen molar-refractivity contribution in [3.05, 3.63) is 34.3 Å². The summed E-state index contributed by atoms with van der Waals surface area (Å²) >= 11 is 3.33. The number of nitrogens with zero attached hydrogens (tertiary/aromatic N) is 1. The van der Waals surface area contributed by atoms with Gasteiger partial charge in [-0.2, -0.15) is 0 Å². The number of halogens is 1. The van der Waals surface area contributed by atoms with Crippen molar-refractivity contribution < 1.29 is 9.59 Å². The lowest BCUT2D eigenvalue weighted by Gasteiger charge is -2.33. The Morgan fingerprint density at radius 3 is 2.90 bits per heavy atom. The summed E-state index contributed by atoms with van der Waals surface area (Å²) in [6.45, 7) is 2.93. The van der Waals surface area contributed by atoms with Crippen LogP contribution in [0, 0.1) is 0 Å². The van der Waals surface area contributed by atoms with Gasteiger partial charge in [0.25, 0.3) is 5.91 Å². The highest BCUT2D eigenvalue weighted by Crippen LogP contribution is 2.16. The zero-order valence-electron chi connectivity index (χ0n) is 11.6. The monoisotopic (exact) mass is 338 g/mol. The van der Waals surface area contributed by atoms with Crippen LogP contribution in [0.15, 0.2) is 28.7 Å². The summed E-state index contributed by atoms with van der Waals surface area (Å²) in [5.74, 6) is -0.218. The molecule has 5 heteroatoms. The molecule has 2 rings (SSSR count). The van der Waals surface area contributed by atoms with Gasteiger partial charge in [0.15, 0.2) is 0 Å². The van der Waals surface area contributed by atoms with Crippen LogP contribution in [0.25, 0.3) is 0 Å². The fourth-order valence-corrected chi connectivity index (χ4v) is 2.86. The molecule has 1 saturated heterocycles. The number of hydrogen-bond donors (Lipinski definition) is 1. The summed E-state index contributed by atoms with van der Waals surface area (Å²) in [4.78, 5) is 25.9. The molecule has 108 valence electrons. The summed E-state index contributed by atoms with van der Waals surface area (Å²) in [5, 5.41) is 2.69. The van der Waals surface area contributed by atoms with Crippen LogP contribution in [0.5, 0.6) is 0 Å². The molecule has 0 aromatic heterocycles. The van der Waals surface area contributed by atoms with E-state index < -0.39 is 0 Å². The minimum absolute atomic E-state index is 0.000506. The first-order valence-electron chi connectivity index (χ1n) is 6.91. The quantitative estimate of drug-likeness (QED) is 0.920. The molecule has 0 bridgehead atoms. The highest BCUT2D eigenvalue weighted by atomic mass is 79.9. The van der Waals surface area contributed by atoms with Gasteiger partial charge in [-0.15, -0.1) is 0 Å². The molecule has 1 heterocycles. The van der Waals surface area contributed by atoms with E-state index in [4.69, 9.17) is 0 Å². The molecule has 0 spiro atoms. The minimum atomic E-state index is -0.218. The fraction of sp³-hybridized carbons (Fsp3) is 0.467. The predicted molar refractivity (Wildman–Crippen MR) is 81.5 cm³/mol. The molecule has 1 atom stereocenters. The number of nitrogens with one attached hydrogen (secondary N) is 1. The van der Waals surface area contributed by atoms with Crippen molar-refractivity contribution in [3.63, 3.8) is 0 Å². The largest absolute Gasteiger partial charge is 0.343 e. The van der Waals surface area contributed by atoms with Crippen molar-refractivity contribution in [1.82, 2.24) is 10.2 Å². The zero-order chi connectivity index (χ0) is 14.5. The van der Waals surface area contributed by atoms with Gasteiger partial charge in [0.1, 0.15) is 0 Å². The van der Waals surface area contributed by atoms with Crippen molar-refractivity contribution in [2.75, 3.05) is 13.1 Å². The van der Waals surface area contributed by atoms with E-state index in [1.54, 1.807) is 18.2 Å². The molecule has 1 aliphatic heterocycles. The van der Waals surface area contributed by atoms with Crippen molar-refractivity contribution in [2.24, 2.45) is 0 Å². The number of benzene rings is 1. The van der Waals surface area contributed by atoms with Gasteiger partial charge in [-0.3, -0.25) is 9.59 Å². The maximum atomic E-state index is 12.1. The summed E-state index contributed by atoms with van der Waals surface area (Å²) in [5.41, 5.74) is 0.555. The first-order chi connectivity index (χ1) is 9.58. The molecule has 1 fully saturated rings. The summed E-state index contributed by atoms with van der Waals surface area (Å²) in [7, 11) is 0. The SMILES string of the molecule is CC1CCCCN1C(=O)CNC(=O)c1cccc(Br)c1. The number of hydrogen-bond acceptors (Lipinski definition) is 2. The third-order valence-electron chi connectivity index (χ3n) is 3.61. The van der Waals surface area contributed by atoms with Crippen LogP contribution in [0.3, 0.4) is 0 Å². The van der Waals surface area contributed by atoms with Crippen LogP contribution >= 0.6 is 15.9 Å². The predicted octanol–water partition coefficient (Wildman–Crippen LogP) is 2.58. The van der Waals surface area contributed by atoms with Gasteiger partial charge in [0.05, 0.1) is 6.54 Å². The molecular formula is C15H19BrN2O2. The molecule has 1 aromatic rings. The number of amides is 2. The Bertz CT molecular complexity index is 504. The van der Waals surface area contributed by atoms with Gasteiger partial charge in [-0.1, -0.05) is 22.0 Å². The second-order valence-corrected chi connectivity index (χ2v) is 6.04. The van der Waals surface area contributed by atoms with Gasteiger partial charge < -0.3 is 10.2 Å². The lowest BCUT2D eigenvalue weighted by molar-refractivity contribution is -0.133. The van der Waals surface area contributed by atoms with E-state index in [0.717, 1.165) is 23.9 Å². The maximum Gasteiger partial charge on any atom is 0.251 e. The third-order valence-corrected chi connectivity index (χ3v) is 4.10. The molecule has 0 radical (unpaired) electrons. The second kappa shape index (κ2) is 6.88. The number of rotatable bonds is 3. The van der Waals surface area contributed by atoms with Gasteiger partial charge in [0, 0.05) is 22.6 Å². The van der Waals surface area contributed by atoms with E-state index in [0.29, 0.717) is 5.56 Å². The van der Waals surface area contributed by atoms with Crippen molar-refractivity contribution in [1.29, 1.82) is 0 Å². The highest BCUT2D eigenvalue weighted by molar-refractivity contribution is 9.10. The van der Waals surface area contributed by atoms with Crippen LogP contribution in [0.4, 0.5) is 0 Å². The van der Waals surface area contributed by atoms with E-state index in [2.05, 4.69) is 28.2 Å². The van der Waals surface area contributed by atoms with Gasteiger partial charge in [-0.25, -0.2) is 0 Å². The first kappa shape index (κ1) is 15.0. The van der Waals surface area contributed by atoms with Gasteiger partial charge in [-0.05, 0) is 44.4 Å². The Kier molecular flexibility index (Phi) is 5.17. The van der Waals surface area contributed by atoms with Crippen LogP contribution in [0.1, 0.15) is 36.5 Å². The van der Waals surface area contributed by atoms with E-state index >= 15 is 0 Å². The normalized spacial score (nSPS) is 18.7. The van der Waals surface area contributed by atoms with Crippen LogP contribution in [0.2, 0.25) is 0 Å². The Labute approximate surface area is 127 Å².